The van der Waals surface area contributed by atoms with Crippen LogP contribution in [0.1, 0.15) is 20.8 Å². The van der Waals surface area contributed by atoms with Gasteiger partial charge in [0, 0.05) is 18.7 Å². The minimum Gasteiger partial charge on any atom is -0.482 e. The number of rotatable bonds is 7. The van der Waals surface area contributed by atoms with Crippen LogP contribution < -0.4 is 14.8 Å². The molecule has 9 heteroatoms. The number of sulfonamides is 1. The lowest BCUT2D eigenvalue weighted by Crippen LogP contribution is -2.42. The van der Waals surface area contributed by atoms with E-state index >= 15 is 0 Å². The number of carbonyl (C=O) groups excluding carboxylic acids is 1. The van der Waals surface area contributed by atoms with Crippen LogP contribution >= 0.6 is 11.6 Å². The molecule has 1 aliphatic rings. The molecule has 0 saturated carbocycles. The molecule has 1 aromatic rings. The van der Waals surface area contributed by atoms with Crippen LogP contribution in [0.5, 0.6) is 5.75 Å². The number of hydrogen-bond donors (Lipinski definition) is 2. The number of nitrogens with one attached hydrogen (secondary N) is 2. The lowest BCUT2D eigenvalue weighted by Gasteiger charge is -2.26. The Morgan fingerprint density at radius 1 is 1.38 bits per heavy atom. The number of carbonyl (C=O) groups is 1. The van der Waals surface area contributed by atoms with Crippen molar-refractivity contribution in [1.29, 1.82) is 0 Å². The monoisotopic (exact) mass is 375 g/mol. The fourth-order valence-corrected chi connectivity index (χ4v) is 4.23. The molecule has 0 aromatic heterocycles. The molecule has 1 unspecified atom stereocenters. The Bertz CT molecular complexity index is 720. The molecule has 0 fully saturated rings. The summed E-state index contributed by atoms with van der Waals surface area (Å²) in [7, 11) is -3.78. The van der Waals surface area contributed by atoms with Gasteiger partial charge in [-0.25, -0.2) is 13.1 Å². The summed E-state index contributed by atoms with van der Waals surface area (Å²) in [6.45, 7) is 7.82. The van der Waals surface area contributed by atoms with Crippen LogP contribution in [0, 0.1) is 0 Å². The number of halogens is 1. The zero-order valence-electron chi connectivity index (χ0n) is 13.9. The maximum Gasteiger partial charge on any atom is 0.262 e. The Morgan fingerprint density at radius 3 is 2.67 bits per heavy atom. The fraction of sp³-hybridized carbons (Fsp3) is 0.533. The van der Waals surface area contributed by atoms with Gasteiger partial charge >= 0.3 is 0 Å². The Balaban J connectivity index is 2.19. The van der Waals surface area contributed by atoms with E-state index in [-0.39, 0.29) is 40.8 Å². The second kappa shape index (κ2) is 7.69. The number of amides is 1. The zero-order valence-corrected chi connectivity index (χ0v) is 15.5. The maximum absolute atomic E-state index is 12.5. The number of nitrogens with zero attached hydrogens (tertiary/aromatic N) is 1. The number of anilines is 1. The molecular weight excluding hydrogens is 354 g/mol. The molecule has 7 nitrogen and oxygen atoms in total. The normalized spacial score (nSPS) is 15.6. The van der Waals surface area contributed by atoms with E-state index < -0.39 is 10.0 Å². The highest BCUT2D eigenvalue weighted by Gasteiger charge is 2.25. The smallest absolute Gasteiger partial charge is 0.262 e. The zero-order chi connectivity index (χ0) is 17.9. The van der Waals surface area contributed by atoms with E-state index in [4.69, 9.17) is 16.3 Å². The third kappa shape index (κ3) is 4.18. The maximum atomic E-state index is 12.5. The van der Waals surface area contributed by atoms with Crippen molar-refractivity contribution < 1.29 is 17.9 Å². The molecule has 2 N–H and O–H groups in total. The molecule has 1 atom stereocenters. The minimum absolute atomic E-state index is 0.0301. The second-order valence-electron chi connectivity index (χ2n) is 5.54. The summed E-state index contributed by atoms with van der Waals surface area (Å²) in [5.74, 6) is -0.0171. The molecule has 0 bridgehead atoms. The summed E-state index contributed by atoms with van der Waals surface area (Å²) in [4.78, 5) is 13.4. The molecule has 134 valence electrons. The first kappa shape index (κ1) is 19.0. The van der Waals surface area contributed by atoms with Crippen molar-refractivity contribution in [3.8, 4) is 5.75 Å². The van der Waals surface area contributed by atoms with Gasteiger partial charge in [-0.2, -0.15) is 0 Å². The molecule has 0 spiro atoms. The van der Waals surface area contributed by atoms with Crippen LogP contribution in [0.4, 0.5) is 5.69 Å². The van der Waals surface area contributed by atoms with E-state index in [1.807, 2.05) is 20.8 Å². The van der Waals surface area contributed by atoms with E-state index in [1.165, 1.54) is 12.1 Å². The molecule has 1 amide bonds. The first-order valence-corrected chi connectivity index (χ1v) is 9.64. The van der Waals surface area contributed by atoms with Gasteiger partial charge in [-0.3, -0.25) is 9.69 Å². The van der Waals surface area contributed by atoms with E-state index in [2.05, 4.69) is 14.9 Å². The van der Waals surface area contributed by atoms with Crippen molar-refractivity contribution in [2.75, 3.05) is 31.6 Å². The standard InChI is InChI=1S/C15H22ClN3O4S/c1-4-19(5-2)10(3)8-17-24(21,22)14-7-13-12(6-11(14)16)18-15(20)9-23-13/h6-7,10,17H,4-5,8-9H2,1-3H3,(H,18,20). The molecule has 1 aromatic carbocycles. The van der Waals surface area contributed by atoms with Gasteiger partial charge in [0.1, 0.15) is 10.6 Å². The summed E-state index contributed by atoms with van der Waals surface area (Å²) in [6.07, 6.45) is 0. The van der Waals surface area contributed by atoms with Gasteiger partial charge in [0.15, 0.2) is 6.61 Å². The van der Waals surface area contributed by atoms with E-state index in [0.29, 0.717) is 5.69 Å². The number of likely N-dealkylation sites (N-methyl/N-ethyl adjacent to an activating group) is 1. The average Bonchev–Trinajstić information content (AvgIpc) is 2.53. The molecular formula is C15H22ClN3O4S. The van der Waals surface area contributed by atoms with Crippen molar-refractivity contribution >= 4 is 33.2 Å². The van der Waals surface area contributed by atoms with Crippen molar-refractivity contribution in [2.45, 2.75) is 31.7 Å². The first-order valence-electron chi connectivity index (χ1n) is 7.78. The van der Waals surface area contributed by atoms with Crippen LogP contribution in [-0.2, 0) is 14.8 Å². The second-order valence-corrected chi connectivity index (χ2v) is 7.68. The third-order valence-corrected chi connectivity index (χ3v) is 5.85. The van der Waals surface area contributed by atoms with Gasteiger partial charge in [-0.05, 0) is 26.1 Å². The third-order valence-electron chi connectivity index (χ3n) is 3.96. The van der Waals surface area contributed by atoms with Crippen LogP contribution in [0.2, 0.25) is 5.02 Å². The van der Waals surface area contributed by atoms with Gasteiger partial charge in [-0.1, -0.05) is 25.4 Å². The number of fused-ring (bicyclic) bond motifs is 1. The predicted molar refractivity (Wildman–Crippen MR) is 93.1 cm³/mol. The Kier molecular flexibility index (Phi) is 6.08. The summed E-state index contributed by atoms with van der Waals surface area (Å²) >= 11 is 6.09. The number of hydrogen-bond acceptors (Lipinski definition) is 5. The molecule has 2 rings (SSSR count). The van der Waals surface area contributed by atoms with Gasteiger partial charge in [-0.15, -0.1) is 0 Å². The molecule has 1 heterocycles. The molecule has 1 aliphatic heterocycles. The van der Waals surface area contributed by atoms with Gasteiger partial charge in [0.05, 0.1) is 10.7 Å². The Hall–Kier alpha value is -1.35. The van der Waals surface area contributed by atoms with E-state index in [9.17, 15) is 13.2 Å². The summed E-state index contributed by atoms with van der Waals surface area (Å²) in [6, 6.07) is 2.78. The van der Waals surface area contributed by atoms with E-state index in [0.717, 1.165) is 13.1 Å². The van der Waals surface area contributed by atoms with Gasteiger partial charge in [0.25, 0.3) is 5.91 Å². The van der Waals surface area contributed by atoms with Crippen molar-refractivity contribution in [3.05, 3.63) is 17.2 Å². The first-order chi connectivity index (χ1) is 11.3. The highest BCUT2D eigenvalue weighted by Crippen LogP contribution is 2.35. The average molecular weight is 376 g/mol. The SMILES string of the molecule is CCN(CC)C(C)CNS(=O)(=O)c1cc2c(cc1Cl)NC(=O)CO2. The quantitative estimate of drug-likeness (QED) is 0.757. The molecule has 0 radical (unpaired) electrons. The van der Waals surface area contributed by atoms with Gasteiger partial charge < -0.3 is 10.1 Å². The molecule has 0 saturated heterocycles. The molecule has 24 heavy (non-hydrogen) atoms. The van der Waals surface area contributed by atoms with Crippen molar-refractivity contribution in [1.82, 2.24) is 9.62 Å². The highest BCUT2D eigenvalue weighted by molar-refractivity contribution is 7.89. The minimum atomic E-state index is -3.78. The fourth-order valence-electron chi connectivity index (χ4n) is 2.57. The van der Waals surface area contributed by atoms with Crippen LogP contribution in [0.25, 0.3) is 0 Å². The molecule has 0 aliphatic carbocycles. The summed E-state index contributed by atoms with van der Waals surface area (Å²) < 4.78 is 32.9. The van der Waals surface area contributed by atoms with Crippen molar-refractivity contribution in [2.24, 2.45) is 0 Å². The lowest BCUT2D eigenvalue weighted by molar-refractivity contribution is -0.118. The van der Waals surface area contributed by atoms with Crippen LogP contribution in [-0.4, -0.2) is 51.5 Å². The Labute approximate surface area is 147 Å². The highest BCUT2D eigenvalue weighted by atomic mass is 35.5. The van der Waals surface area contributed by atoms with Crippen molar-refractivity contribution in [3.63, 3.8) is 0 Å². The number of benzene rings is 1. The summed E-state index contributed by atoms with van der Waals surface area (Å²) in [5.41, 5.74) is 0.367. The largest absolute Gasteiger partial charge is 0.482 e. The van der Waals surface area contributed by atoms with Crippen LogP contribution in [0.3, 0.4) is 0 Å². The lowest BCUT2D eigenvalue weighted by atomic mass is 10.2. The van der Waals surface area contributed by atoms with Crippen LogP contribution in [0.15, 0.2) is 17.0 Å². The Morgan fingerprint density at radius 2 is 2.04 bits per heavy atom. The van der Waals surface area contributed by atoms with Gasteiger partial charge in [0.2, 0.25) is 10.0 Å². The number of ether oxygens (including phenoxy) is 1. The topological polar surface area (TPSA) is 87.7 Å². The van der Waals surface area contributed by atoms with E-state index in [1.54, 1.807) is 0 Å². The predicted octanol–water partition coefficient (Wildman–Crippen LogP) is 1.68. The summed E-state index contributed by atoms with van der Waals surface area (Å²) in [5, 5.41) is 2.62.